The largest absolute Gasteiger partial charge is 0.489 e. The topological polar surface area (TPSA) is 64.6 Å². The van der Waals surface area contributed by atoms with Gasteiger partial charge in [-0.2, -0.15) is 0 Å². The van der Waals surface area contributed by atoms with Crippen LogP contribution in [0.15, 0.2) is 152 Å². The summed E-state index contributed by atoms with van der Waals surface area (Å²) in [6.07, 6.45) is 2.29. The van der Waals surface area contributed by atoms with Crippen molar-refractivity contribution in [2.75, 3.05) is 6.61 Å². The molecule has 6 aromatic carbocycles. The van der Waals surface area contributed by atoms with Crippen LogP contribution < -0.4 is 23.7 Å². The first-order valence-corrected chi connectivity index (χ1v) is 19.1. The van der Waals surface area contributed by atoms with Crippen molar-refractivity contribution >= 4 is 0 Å². The van der Waals surface area contributed by atoms with Crippen LogP contribution in [0, 0.1) is 0 Å². The van der Waals surface area contributed by atoms with Crippen molar-refractivity contribution in [3.05, 3.63) is 185 Å². The van der Waals surface area contributed by atoms with Crippen LogP contribution >= 0.6 is 0 Å². The van der Waals surface area contributed by atoms with E-state index in [2.05, 4.69) is 48.5 Å². The Morgan fingerprint density at radius 2 is 1.05 bits per heavy atom. The number of ether oxygens (including phenoxy) is 7. The van der Waals surface area contributed by atoms with Gasteiger partial charge in [0.2, 0.25) is 0 Å². The van der Waals surface area contributed by atoms with Gasteiger partial charge < -0.3 is 33.2 Å². The smallest absolute Gasteiger partial charge is 0.162 e. The Kier molecular flexibility index (Phi) is 11.9. The lowest BCUT2D eigenvalue weighted by atomic mass is 9.93. The molecule has 55 heavy (non-hydrogen) atoms. The fraction of sp³-hybridized carbons (Fsp3) is 0.250. The van der Waals surface area contributed by atoms with Crippen molar-refractivity contribution in [3.8, 4) is 28.7 Å². The number of benzene rings is 6. The quantitative estimate of drug-likeness (QED) is 0.104. The van der Waals surface area contributed by atoms with Crippen LogP contribution in [-0.4, -0.2) is 19.0 Å². The van der Waals surface area contributed by atoms with Crippen LogP contribution in [0.3, 0.4) is 0 Å². The Bertz CT molecular complexity index is 2080. The molecular formula is C48H46O7. The molecule has 0 amide bonds. The molecule has 2 aliphatic heterocycles. The zero-order valence-corrected chi connectivity index (χ0v) is 30.9. The summed E-state index contributed by atoms with van der Waals surface area (Å²) >= 11 is 0. The molecule has 7 nitrogen and oxygen atoms in total. The van der Waals surface area contributed by atoms with Crippen LogP contribution in [0.4, 0.5) is 0 Å². The molecule has 0 radical (unpaired) electrons. The summed E-state index contributed by atoms with van der Waals surface area (Å²) < 4.78 is 45.7. The number of fused-ring (bicyclic) bond motifs is 1. The highest BCUT2D eigenvalue weighted by Gasteiger charge is 2.37. The molecule has 2 aliphatic rings. The molecule has 1 unspecified atom stereocenters. The summed E-state index contributed by atoms with van der Waals surface area (Å²) in [6, 6.07) is 50.6. The first-order chi connectivity index (χ1) is 27.2. The fourth-order valence-corrected chi connectivity index (χ4v) is 6.93. The summed E-state index contributed by atoms with van der Waals surface area (Å²) in [5.74, 6) is 3.35. The standard InChI is InChI=1S/C48H46O7/c1-5-15-35(16-6-1)31-50-40-28-43(52-33-37-19-9-3-10-20-37)41-30-46(54-47-23-13-14-26-49-47)48(55-44(41)29-40)39-24-25-42(51-32-36-17-7-2-8-18-36)45(27-39)53-34-38-21-11-4-12-22-38/h1-12,15-22,24-25,27-29,46-48H,13-14,23,26,30-34H2/t46-,47?,48+/m1/s1. The average Bonchev–Trinajstić information content (AvgIpc) is 3.25. The summed E-state index contributed by atoms with van der Waals surface area (Å²) in [5, 5.41) is 0. The van der Waals surface area contributed by atoms with E-state index in [1.54, 1.807) is 0 Å². The van der Waals surface area contributed by atoms with Gasteiger partial charge in [-0.25, -0.2) is 0 Å². The van der Waals surface area contributed by atoms with E-state index < -0.39 is 6.10 Å². The van der Waals surface area contributed by atoms with Crippen LogP contribution in [0.2, 0.25) is 0 Å². The van der Waals surface area contributed by atoms with Crippen molar-refractivity contribution < 1.29 is 33.2 Å². The highest BCUT2D eigenvalue weighted by molar-refractivity contribution is 5.53. The van der Waals surface area contributed by atoms with Gasteiger partial charge >= 0.3 is 0 Å². The van der Waals surface area contributed by atoms with Gasteiger partial charge in [-0.1, -0.05) is 127 Å². The molecule has 0 bridgehead atoms. The Labute approximate surface area is 323 Å². The van der Waals surface area contributed by atoms with Gasteiger partial charge in [0, 0.05) is 30.7 Å². The highest BCUT2D eigenvalue weighted by atomic mass is 16.7. The lowest BCUT2D eigenvalue weighted by Gasteiger charge is -2.37. The second-order valence-corrected chi connectivity index (χ2v) is 13.9. The molecule has 0 aromatic heterocycles. The van der Waals surface area contributed by atoms with Gasteiger partial charge in [0.1, 0.15) is 49.8 Å². The SMILES string of the molecule is c1ccc(COc2cc(OCc3ccccc3)c3c(c2)O[C@@H](c2ccc(OCc4ccccc4)c(OCc4ccccc4)c2)[C@H](OC2CCCCO2)C3)cc1. The maximum absolute atomic E-state index is 7.01. The first kappa shape index (κ1) is 36.2. The summed E-state index contributed by atoms with van der Waals surface area (Å²) in [4.78, 5) is 0. The minimum absolute atomic E-state index is 0.323. The molecule has 7 heteroatoms. The Morgan fingerprint density at radius 3 is 1.62 bits per heavy atom. The van der Waals surface area contributed by atoms with Crippen LogP contribution in [-0.2, 0) is 42.3 Å². The van der Waals surface area contributed by atoms with Crippen LogP contribution in [0.5, 0.6) is 28.7 Å². The zero-order chi connectivity index (χ0) is 37.1. The minimum atomic E-state index is -0.480. The summed E-state index contributed by atoms with van der Waals surface area (Å²) in [6.45, 7) is 2.30. The van der Waals surface area contributed by atoms with Crippen molar-refractivity contribution in [2.45, 2.75) is 70.6 Å². The fourth-order valence-electron chi connectivity index (χ4n) is 6.93. The Hall–Kier alpha value is -5.76. The average molecular weight is 735 g/mol. The number of rotatable bonds is 15. The van der Waals surface area contributed by atoms with Gasteiger partial charge in [0.25, 0.3) is 0 Å². The Balaban J connectivity index is 1.13. The van der Waals surface area contributed by atoms with Gasteiger partial charge in [-0.3, -0.25) is 0 Å². The second kappa shape index (κ2) is 18.0. The molecule has 280 valence electrons. The second-order valence-electron chi connectivity index (χ2n) is 13.9. The third kappa shape index (κ3) is 9.68. The van der Waals surface area contributed by atoms with Crippen LogP contribution in [0.1, 0.15) is 58.7 Å². The van der Waals surface area contributed by atoms with Gasteiger partial charge in [0.15, 0.2) is 23.9 Å². The number of hydrogen-bond acceptors (Lipinski definition) is 7. The molecule has 8 rings (SSSR count). The molecule has 0 aliphatic carbocycles. The molecule has 1 saturated heterocycles. The van der Waals surface area contributed by atoms with Crippen molar-refractivity contribution in [1.29, 1.82) is 0 Å². The Morgan fingerprint density at radius 1 is 0.509 bits per heavy atom. The zero-order valence-electron chi connectivity index (χ0n) is 30.9. The van der Waals surface area contributed by atoms with E-state index in [1.165, 1.54) is 0 Å². The molecular weight excluding hydrogens is 689 g/mol. The minimum Gasteiger partial charge on any atom is -0.489 e. The first-order valence-electron chi connectivity index (χ1n) is 19.1. The third-order valence-corrected chi connectivity index (χ3v) is 9.86. The van der Waals surface area contributed by atoms with Crippen molar-refractivity contribution in [1.82, 2.24) is 0 Å². The van der Waals surface area contributed by atoms with E-state index in [0.29, 0.717) is 68.2 Å². The molecule has 1 fully saturated rings. The van der Waals surface area contributed by atoms with Gasteiger partial charge in [-0.15, -0.1) is 0 Å². The molecule has 0 spiro atoms. The lowest BCUT2D eigenvalue weighted by molar-refractivity contribution is -0.207. The summed E-state index contributed by atoms with van der Waals surface area (Å²) in [7, 11) is 0. The molecule has 6 aromatic rings. The van der Waals surface area contributed by atoms with E-state index in [-0.39, 0.29) is 12.4 Å². The molecule has 0 N–H and O–H groups in total. The van der Waals surface area contributed by atoms with Crippen LogP contribution in [0.25, 0.3) is 0 Å². The normalized spacial score (nSPS) is 17.7. The van der Waals surface area contributed by atoms with Gasteiger partial charge in [0.05, 0.1) is 0 Å². The van der Waals surface area contributed by atoms with E-state index in [4.69, 9.17) is 33.2 Å². The molecule has 3 atom stereocenters. The van der Waals surface area contributed by atoms with Gasteiger partial charge in [-0.05, 0) is 59.2 Å². The maximum Gasteiger partial charge on any atom is 0.162 e. The number of hydrogen-bond donors (Lipinski definition) is 0. The predicted octanol–water partition coefficient (Wildman–Crippen LogP) is 10.6. The van der Waals surface area contributed by atoms with E-state index in [1.807, 2.05) is 103 Å². The summed E-state index contributed by atoms with van der Waals surface area (Å²) in [5.41, 5.74) is 6.12. The van der Waals surface area contributed by atoms with E-state index in [9.17, 15) is 0 Å². The lowest BCUT2D eigenvalue weighted by Crippen LogP contribution is -2.38. The highest BCUT2D eigenvalue weighted by Crippen LogP contribution is 2.46. The van der Waals surface area contributed by atoms with E-state index >= 15 is 0 Å². The van der Waals surface area contributed by atoms with E-state index in [0.717, 1.165) is 52.6 Å². The molecule has 0 saturated carbocycles. The van der Waals surface area contributed by atoms with Crippen molar-refractivity contribution in [2.24, 2.45) is 0 Å². The maximum atomic E-state index is 7.01. The monoisotopic (exact) mass is 734 g/mol. The molecule has 2 heterocycles. The predicted molar refractivity (Wildman–Crippen MR) is 212 cm³/mol. The third-order valence-electron chi connectivity index (χ3n) is 9.86. The van der Waals surface area contributed by atoms with Crippen molar-refractivity contribution in [3.63, 3.8) is 0 Å².